The van der Waals surface area contributed by atoms with Gasteiger partial charge >= 0.3 is 6.09 Å². The van der Waals surface area contributed by atoms with Crippen molar-refractivity contribution in [3.05, 3.63) is 30.1 Å². The van der Waals surface area contributed by atoms with E-state index in [9.17, 15) is 13.2 Å². The third kappa shape index (κ3) is 4.43. The molecule has 0 spiro atoms. The summed E-state index contributed by atoms with van der Waals surface area (Å²) in [6, 6.07) is 5.20. The first kappa shape index (κ1) is 16.7. The summed E-state index contributed by atoms with van der Waals surface area (Å²) in [5.41, 5.74) is -0.0552. The first-order valence-corrected chi connectivity index (χ1v) is 8.98. The van der Waals surface area contributed by atoms with Crippen molar-refractivity contribution in [1.29, 1.82) is 0 Å². The average molecular weight is 326 g/mol. The van der Waals surface area contributed by atoms with E-state index in [4.69, 9.17) is 4.74 Å². The molecule has 0 bridgehead atoms. The van der Waals surface area contributed by atoms with Crippen LogP contribution in [0.3, 0.4) is 0 Å². The SMILES string of the molecule is CC(C)(C)OC(=O)N1CCC(S(=O)(=O)Cc2ccccn2)C1. The minimum atomic E-state index is -3.34. The molecule has 1 aromatic heterocycles. The van der Waals surface area contributed by atoms with E-state index in [0.717, 1.165) is 0 Å². The second-order valence-electron chi connectivity index (χ2n) is 6.47. The number of aromatic nitrogens is 1. The van der Waals surface area contributed by atoms with Gasteiger partial charge in [-0.25, -0.2) is 13.2 Å². The highest BCUT2D eigenvalue weighted by Gasteiger charge is 2.36. The quantitative estimate of drug-likeness (QED) is 0.849. The Balaban J connectivity index is 1.99. The van der Waals surface area contributed by atoms with Gasteiger partial charge in [0, 0.05) is 19.3 Å². The van der Waals surface area contributed by atoms with Gasteiger partial charge in [-0.15, -0.1) is 0 Å². The molecule has 2 rings (SSSR count). The van der Waals surface area contributed by atoms with Gasteiger partial charge < -0.3 is 9.64 Å². The van der Waals surface area contributed by atoms with Crippen molar-refractivity contribution in [1.82, 2.24) is 9.88 Å². The van der Waals surface area contributed by atoms with Gasteiger partial charge in [0.25, 0.3) is 0 Å². The van der Waals surface area contributed by atoms with Crippen LogP contribution in [0.2, 0.25) is 0 Å². The van der Waals surface area contributed by atoms with Gasteiger partial charge in [-0.05, 0) is 39.3 Å². The standard InChI is InChI=1S/C15H22N2O4S/c1-15(2,3)21-14(18)17-9-7-13(10-17)22(19,20)11-12-6-4-5-8-16-12/h4-6,8,13H,7,9-11H2,1-3H3. The molecule has 0 N–H and O–H groups in total. The van der Waals surface area contributed by atoms with E-state index in [2.05, 4.69) is 4.98 Å². The fraction of sp³-hybridized carbons (Fsp3) is 0.600. The average Bonchev–Trinajstić information content (AvgIpc) is 2.87. The third-order valence-electron chi connectivity index (χ3n) is 3.38. The molecule has 22 heavy (non-hydrogen) atoms. The van der Waals surface area contributed by atoms with Crippen LogP contribution in [0.4, 0.5) is 4.79 Å². The van der Waals surface area contributed by atoms with Crippen molar-refractivity contribution in [2.45, 2.75) is 43.8 Å². The maximum Gasteiger partial charge on any atom is 0.410 e. The lowest BCUT2D eigenvalue weighted by atomic mass is 10.2. The normalized spacial score (nSPS) is 19.2. The summed E-state index contributed by atoms with van der Waals surface area (Å²) in [4.78, 5) is 17.5. The summed E-state index contributed by atoms with van der Waals surface area (Å²) >= 11 is 0. The number of carbonyl (C=O) groups is 1. The van der Waals surface area contributed by atoms with Crippen LogP contribution in [0.5, 0.6) is 0 Å². The Morgan fingerprint density at radius 3 is 2.73 bits per heavy atom. The van der Waals surface area contributed by atoms with Crippen LogP contribution < -0.4 is 0 Å². The zero-order chi connectivity index (χ0) is 16.4. The topological polar surface area (TPSA) is 76.6 Å². The minimum absolute atomic E-state index is 0.0966. The van der Waals surface area contributed by atoms with Gasteiger partial charge in [0.15, 0.2) is 9.84 Å². The maximum absolute atomic E-state index is 12.4. The number of rotatable bonds is 3. The van der Waals surface area contributed by atoms with E-state index in [1.54, 1.807) is 45.2 Å². The van der Waals surface area contributed by atoms with Crippen molar-refractivity contribution < 1.29 is 17.9 Å². The number of nitrogens with zero attached hydrogens (tertiary/aromatic N) is 2. The molecule has 122 valence electrons. The summed E-state index contributed by atoms with van der Waals surface area (Å²) in [6.07, 6.45) is 1.56. The second kappa shape index (κ2) is 6.24. The zero-order valence-electron chi connectivity index (χ0n) is 13.2. The van der Waals surface area contributed by atoms with Crippen LogP contribution in [0.25, 0.3) is 0 Å². The van der Waals surface area contributed by atoms with Crippen LogP contribution in [0.15, 0.2) is 24.4 Å². The van der Waals surface area contributed by atoms with Gasteiger partial charge in [-0.3, -0.25) is 4.98 Å². The Labute approximate surface area is 131 Å². The first-order chi connectivity index (χ1) is 10.2. The lowest BCUT2D eigenvalue weighted by molar-refractivity contribution is 0.0295. The number of carbonyl (C=O) groups excluding carboxylic acids is 1. The van der Waals surface area contributed by atoms with E-state index in [1.807, 2.05) is 0 Å². The molecule has 6 nitrogen and oxygen atoms in total. The molecular formula is C15H22N2O4S. The van der Waals surface area contributed by atoms with Gasteiger partial charge in [-0.2, -0.15) is 0 Å². The lowest BCUT2D eigenvalue weighted by Crippen LogP contribution is -2.36. The number of likely N-dealkylation sites (tertiary alicyclic amines) is 1. The van der Waals surface area contributed by atoms with E-state index < -0.39 is 26.8 Å². The number of ether oxygens (including phenoxy) is 1. The third-order valence-corrected chi connectivity index (χ3v) is 5.48. The van der Waals surface area contributed by atoms with Gasteiger partial charge in [-0.1, -0.05) is 6.07 Å². The summed E-state index contributed by atoms with van der Waals surface area (Å²) < 4.78 is 30.2. The van der Waals surface area contributed by atoms with Crippen molar-refractivity contribution >= 4 is 15.9 Å². The molecule has 0 radical (unpaired) electrons. The van der Waals surface area contributed by atoms with Crippen LogP contribution in [-0.4, -0.2) is 48.3 Å². The highest BCUT2D eigenvalue weighted by molar-refractivity contribution is 7.91. The summed E-state index contributed by atoms with van der Waals surface area (Å²) in [5.74, 6) is -0.0966. The Morgan fingerprint density at radius 1 is 1.41 bits per heavy atom. The summed E-state index contributed by atoms with van der Waals surface area (Å²) in [5, 5.41) is -0.554. The Kier molecular flexibility index (Phi) is 4.75. The van der Waals surface area contributed by atoms with E-state index in [-0.39, 0.29) is 12.3 Å². The summed E-state index contributed by atoms with van der Waals surface area (Å²) in [6.45, 7) is 5.95. The molecule has 7 heteroatoms. The molecule has 1 atom stereocenters. The monoisotopic (exact) mass is 326 g/mol. The van der Waals surface area contributed by atoms with Crippen LogP contribution in [0.1, 0.15) is 32.9 Å². The summed E-state index contributed by atoms with van der Waals surface area (Å²) in [7, 11) is -3.34. The van der Waals surface area contributed by atoms with Crippen molar-refractivity contribution in [2.24, 2.45) is 0 Å². The van der Waals surface area contributed by atoms with Crippen molar-refractivity contribution in [2.75, 3.05) is 13.1 Å². The second-order valence-corrected chi connectivity index (χ2v) is 8.75. The molecule has 0 saturated carbocycles. The molecule has 1 aliphatic heterocycles. The van der Waals surface area contributed by atoms with Crippen LogP contribution in [0, 0.1) is 0 Å². The molecule has 1 aromatic rings. The first-order valence-electron chi connectivity index (χ1n) is 7.27. The molecule has 0 aromatic carbocycles. The molecule has 1 aliphatic rings. The molecule has 1 fully saturated rings. The number of sulfone groups is 1. The molecule has 1 amide bonds. The Hall–Kier alpha value is -1.63. The van der Waals surface area contributed by atoms with Gasteiger partial charge in [0.05, 0.1) is 16.7 Å². The number of amides is 1. The number of hydrogen-bond donors (Lipinski definition) is 0. The lowest BCUT2D eigenvalue weighted by Gasteiger charge is -2.24. The maximum atomic E-state index is 12.4. The minimum Gasteiger partial charge on any atom is -0.444 e. The van der Waals surface area contributed by atoms with E-state index >= 15 is 0 Å². The predicted molar refractivity (Wildman–Crippen MR) is 83.1 cm³/mol. The molecule has 2 heterocycles. The van der Waals surface area contributed by atoms with E-state index in [1.165, 1.54) is 4.90 Å². The Bertz CT molecular complexity index is 623. The van der Waals surface area contributed by atoms with Crippen LogP contribution >= 0.6 is 0 Å². The smallest absolute Gasteiger partial charge is 0.410 e. The highest BCUT2D eigenvalue weighted by Crippen LogP contribution is 2.22. The molecule has 1 unspecified atom stereocenters. The largest absolute Gasteiger partial charge is 0.444 e. The van der Waals surface area contributed by atoms with Gasteiger partial charge in [0.1, 0.15) is 5.60 Å². The molecular weight excluding hydrogens is 304 g/mol. The number of pyridine rings is 1. The van der Waals surface area contributed by atoms with Crippen molar-refractivity contribution in [3.8, 4) is 0 Å². The number of hydrogen-bond acceptors (Lipinski definition) is 5. The molecule has 1 saturated heterocycles. The zero-order valence-corrected chi connectivity index (χ0v) is 14.0. The fourth-order valence-electron chi connectivity index (χ4n) is 2.32. The van der Waals surface area contributed by atoms with Gasteiger partial charge in [0.2, 0.25) is 0 Å². The van der Waals surface area contributed by atoms with Crippen LogP contribution in [-0.2, 0) is 20.3 Å². The van der Waals surface area contributed by atoms with Crippen molar-refractivity contribution in [3.63, 3.8) is 0 Å². The predicted octanol–water partition coefficient (Wildman–Crippen LogP) is 2.01. The fourth-order valence-corrected chi connectivity index (χ4v) is 4.01. The van der Waals surface area contributed by atoms with E-state index in [0.29, 0.717) is 18.7 Å². The highest BCUT2D eigenvalue weighted by atomic mass is 32.2. The molecule has 0 aliphatic carbocycles. The Morgan fingerprint density at radius 2 is 2.14 bits per heavy atom.